The molecule has 24 heavy (non-hydrogen) atoms. The van der Waals surface area contributed by atoms with Crippen molar-refractivity contribution in [1.29, 1.82) is 0 Å². The second-order valence-electron chi connectivity index (χ2n) is 5.84. The van der Waals surface area contributed by atoms with Gasteiger partial charge in [0.1, 0.15) is 5.41 Å². The van der Waals surface area contributed by atoms with E-state index in [2.05, 4.69) is 10.6 Å². The molecule has 0 radical (unpaired) electrons. The number of nitrogens with one attached hydrogen (secondary N) is 2. The maximum Gasteiger partial charge on any atom is 0.417 e. The molecule has 2 rings (SSSR count). The summed E-state index contributed by atoms with van der Waals surface area (Å²) in [6.45, 7) is 2.45. The fourth-order valence-corrected chi connectivity index (χ4v) is 2.53. The highest BCUT2D eigenvalue weighted by atomic mass is 35.5. The van der Waals surface area contributed by atoms with Crippen LogP contribution in [0.5, 0.6) is 0 Å². The van der Waals surface area contributed by atoms with Crippen LogP contribution in [0, 0.1) is 5.41 Å². The zero-order valence-electron chi connectivity index (χ0n) is 13.1. The van der Waals surface area contributed by atoms with Gasteiger partial charge in [-0.15, -0.1) is 0 Å². The highest BCUT2D eigenvalue weighted by molar-refractivity contribution is 6.31. The van der Waals surface area contributed by atoms with E-state index < -0.39 is 28.1 Å². The van der Waals surface area contributed by atoms with Crippen molar-refractivity contribution in [3.63, 3.8) is 0 Å². The monoisotopic (exact) mass is 362 g/mol. The number of halogens is 4. The number of benzene rings is 1. The molecule has 0 unspecified atom stereocenters. The minimum Gasteiger partial charge on any atom is -0.355 e. The van der Waals surface area contributed by atoms with Gasteiger partial charge in [-0.25, -0.2) is 0 Å². The van der Waals surface area contributed by atoms with Gasteiger partial charge in [-0.05, 0) is 37.5 Å². The van der Waals surface area contributed by atoms with E-state index in [0.29, 0.717) is 19.4 Å². The fraction of sp³-hybridized carbons (Fsp3) is 0.500. The minimum absolute atomic E-state index is 0.0376. The fourth-order valence-electron chi connectivity index (χ4n) is 2.30. The molecule has 0 atom stereocenters. The first kappa shape index (κ1) is 18.6. The van der Waals surface area contributed by atoms with Crippen LogP contribution in [0.25, 0.3) is 0 Å². The maximum atomic E-state index is 12.9. The minimum atomic E-state index is -4.62. The third-order valence-electron chi connectivity index (χ3n) is 3.96. The molecule has 2 amide bonds. The first-order valence-corrected chi connectivity index (χ1v) is 8.05. The van der Waals surface area contributed by atoms with E-state index in [4.69, 9.17) is 11.6 Å². The van der Waals surface area contributed by atoms with Crippen molar-refractivity contribution in [2.24, 2.45) is 5.41 Å². The Kier molecular flexibility index (Phi) is 5.42. The summed E-state index contributed by atoms with van der Waals surface area (Å²) in [5.74, 6) is -0.967. The summed E-state index contributed by atoms with van der Waals surface area (Å²) in [6, 6.07) is 3.12. The molecule has 132 valence electrons. The lowest BCUT2D eigenvalue weighted by atomic mass is 10.0. The first-order valence-electron chi connectivity index (χ1n) is 7.67. The molecule has 1 fully saturated rings. The van der Waals surface area contributed by atoms with Crippen LogP contribution in [0.4, 0.5) is 18.9 Å². The normalized spacial score (nSPS) is 15.7. The van der Waals surface area contributed by atoms with E-state index in [1.54, 1.807) is 0 Å². The molecule has 1 aliphatic rings. The molecule has 0 aliphatic heterocycles. The van der Waals surface area contributed by atoms with Crippen molar-refractivity contribution in [1.82, 2.24) is 5.32 Å². The van der Waals surface area contributed by atoms with E-state index >= 15 is 0 Å². The summed E-state index contributed by atoms with van der Waals surface area (Å²) in [6.07, 6.45) is -2.14. The van der Waals surface area contributed by atoms with Gasteiger partial charge in [0.15, 0.2) is 0 Å². The van der Waals surface area contributed by atoms with E-state index in [-0.39, 0.29) is 11.6 Å². The molecule has 1 saturated carbocycles. The number of unbranched alkanes of at least 4 members (excludes halogenated alkanes) is 1. The van der Waals surface area contributed by atoms with Gasteiger partial charge in [-0.3, -0.25) is 9.59 Å². The Bertz CT molecular complexity index is 643. The zero-order valence-corrected chi connectivity index (χ0v) is 13.9. The Hall–Kier alpha value is -1.76. The van der Waals surface area contributed by atoms with Gasteiger partial charge in [0.25, 0.3) is 0 Å². The summed E-state index contributed by atoms with van der Waals surface area (Å²) in [5.41, 5.74) is -2.24. The van der Waals surface area contributed by atoms with Crippen molar-refractivity contribution in [2.75, 3.05) is 11.9 Å². The Morgan fingerprint density at radius 2 is 1.92 bits per heavy atom. The summed E-state index contributed by atoms with van der Waals surface area (Å²) in [7, 11) is 0. The van der Waals surface area contributed by atoms with E-state index in [9.17, 15) is 22.8 Å². The number of rotatable bonds is 6. The third-order valence-corrected chi connectivity index (χ3v) is 4.29. The van der Waals surface area contributed by atoms with Crippen LogP contribution in [0.1, 0.15) is 38.2 Å². The quantitative estimate of drug-likeness (QED) is 0.593. The number of anilines is 1. The zero-order chi connectivity index (χ0) is 18.0. The van der Waals surface area contributed by atoms with Crippen LogP contribution < -0.4 is 10.6 Å². The lowest BCUT2D eigenvalue weighted by Gasteiger charge is -2.16. The van der Waals surface area contributed by atoms with Crippen molar-refractivity contribution >= 4 is 29.1 Å². The summed E-state index contributed by atoms with van der Waals surface area (Å²) >= 11 is 5.54. The molecule has 0 bridgehead atoms. The van der Waals surface area contributed by atoms with Gasteiger partial charge in [-0.1, -0.05) is 24.9 Å². The number of alkyl halides is 3. The first-order chi connectivity index (χ1) is 11.2. The molecule has 8 heteroatoms. The van der Waals surface area contributed by atoms with Crippen LogP contribution in [-0.4, -0.2) is 18.4 Å². The average Bonchev–Trinajstić information content (AvgIpc) is 3.30. The standard InChI is InChI=1S/C16H18ClF3N2O2/c1-2-3-8-21-13(23)15(6-7-15)14(24)22-10-4-5-12(17)11(9-10)16(18,19)20/h4-5,9H,2-3,6-8H2,1H3,(H,21,23)(H,22,24). The molecule has 0 saturated heterocycles. The predicted octanol–water partition coefficient (Wildman–Crippen LogP) is 3.99. The average molecular weight is 363 g/mol. The topological polar surface area (TPSA) is 58.2 Å². The Balaban J connectivity index is 2.08. The molecular formula is C16H18ClF3N2O2. The van der Waals surface area contributed by atoms with Crippen LogP contribution in [0.15, 0.2) is 18.2 Å². The van der Waals surface area contributed by atoms with Crippen molar-refractivity contribution in [3.05, 3.63) is 28.8 Å². The lowest BCUT2D eigenvalue weighted by molar-refractivity contribution is -0.138. The second kappa shape index (κ2) is 7.01. The second-order valence-corrected chi connectivity index (χ2v) is 6.25. The molecule has 1 aliphatic carbocycles. The molecular weight excluding hydrogens is 345 g/mol. The molecule has 4 nitrogen and oxygen atoms in total. The Morgan fingerprint density at radius 3 is 2.46 bits per heavy atom. The molecule has 0 spiro atoms. The molecule has 1 aromatic rings. The molecule has 2 N–H and O–H groups in total. The van der Waals surface area contributed by atoms with Crippen LogP contribution in [0.3, 0.4) is 0 Å². The van der Waals surface area contributed by atoms with Crippen molar-refractivity contribution in [3.8, 4) is 0 Å². The number of carbonyl (C=O) groups excluding carboxylic acids is 2. The van der Waals surface area contributed by atoms with Gasteiger partial charge < -0.3 is 10.6 Å². The summed E-state index contributed by atoms with van der Waals surface area (Å²) < 4.78 is 38.6. The van der Waals surface area contributed by atoms with Gasteiger partial charge >= 0.3 is 6.18 Å². The van der Waals surface area contributed by atoms with Gasteiger partial charge in [0.05, 0.1) is 10.6 Å². The highest BCUT2D eigenvalue weighted by Gasteiger charge is 2.56. The highest BCUT2D eigenvalue weighted by Crippen LogP contribution is 2.47. The molecule has 0 aromatic heterocycles. The summed E-state index contributed by atoms with van der Waals surface area (Å²) in [5, 5.41) is 4.65. The Labute approximate surface area is 142 Å². The molecule has 1 aromatic carbocycles. The van der Waals surface area contributed by atoms with Gasteiger partial charge in [0.2, 0.25) is 11.8 Å². The van der Waals surface area contributed by atoms with Crippen molar-refractivity contribution in [2.45, 2.75) is 38.8 Å². The van der Waals surface area contributed by atoms with Crippen LogP contribution >= 0.6 is 11.6 Å². The number of hydrogen-bond donors (Lipinski definition) is 2. The number of amides is 2. The van der Waals surface area contributed by atoms with E-state index in [0.717, 1.165) is 25.0 Å². The number of hydrogen-bond acceptors (Lipinski definition) is 2. The van der Waals surface area contributed by atoms with Gasteiger partial charge in [-0.2, -0.15) is 13.2 Å². The lowest BCUT2D eigenvalue weighted by Crippen LogP contribution is -2.40. The Morgan fingerprint density at radius 1 is 1.25 bits per heavy atom. The van der Waals surface area contributed by atoms with Gasteiger partial charge in [0, 0.05) is 12.2 Å². The van der Waals surface area contributed by atoms with E-state index in [1.807, 2.05) is 6.92 Å². The third kappa shape index (κ3) is 4.01. The maximum absolute atomic E-state index is 12.9. The summed E-state index contributed by atoms with van der Waals surface area (Å²) in [4.78, 5) is 24.5. The largest absolute Gasteiger partial charge is 0.417 e. The van der Waals surface area contributed by atoms with Crippen LogP contribution in [0.2, 0.25) is 5.02 Å². The number of carbonyl (C=O) groups is 2. The SMILES string of the molecule is CCCCNC(=O)C1(C(=O)Nc2ccc(Cl)c(C(F)(F)F)c2)CC1. The molecule has 0 heterocycles. The predicted molar refractivity (Wildman–Crippen MR) is 84.7 cm³/mol. The smallest absolute Gasteiger partial charge is 0.355 e. The van der Waals surface area contributed by atoms with Crippen LogP contribution in [-0.2, 0) is 15.8 Å². The van der Waals surface area contributed by atoms with Crippen molar-refractivity contribution < 1.29 is 22.8 Å². The van der Waals surface area contributed by atoms with E-state index in [1.165, 1.54) is 6.07 Å².